The zero-order chi connectivity index (χ0) is 18.4. The van der Waals surface area contributed by atoms with Crippen LogP contribution >= 0.6 is 11.8 Å². The first-order valence-corrected chi connectivity index (χ1v) is 11.5. The number of amides is 1. The highest BCUT2D eigenvalue weighted by molar-refractivity contribution is 8.16. The van der Waals surface area contributed by atoms with Crippen molar-refractivity contribution in [3.05, 3.63) is 0 Å². The van der Waals surface area contributed by atoms with Gasteiger partial charge >= 0.3 is 0 Å². The smallest absolute Gasteiger partial charge is 0.242 e. The maximum Gasteiger partial charge on any atom is 0.242 e. The van der Waals surface area contributed by atoms with Crippen molar-refractivity contribution >= 4 is 28.6 Å². The molecule has 2 saturated carbocycles. The van der Waals surface area contributed by atoms with Gasteiger partial charge in [-0.2, -0.15) is 0 Å². The van der Waals surface area contributed by atoms with Gasteiger partial charge in [0, 0.05) is 12.3 Å². The first-order valence-electron chi connectivity index (χ1n) is 10.7. The van der Waals surface area contributed by atoms with Crippen LogP contribution in [0.1, 0.15) is 96.8 Å². The summed E-state index contributed by atoms with van der Waals surface area (Å²) in [6.07, 6.45) is 15.8. The molecule has 1 aliphatic heterocycles. The lowest BCUT2D eigenvalue weighted by molar-refractivity contribution is -0.128. The molecular weight excluding hydrogens is 344 g/mol. The molecular formula is C21H34N2O2S. The van der Waals surface area contributed by atoms with Crippen molar-refractivity contribution in [2.45, 2.75) is 108 Å². The molecule has 1 heterocycles. The molecule has 0 bridgehead atoms. The van der Waals surface area contributed by atoms with Crippen LogP contribution in [0.4, 0.5) is 0 Å². The summed E-state index contributed by atoms with van der Waals surface area (Å²) in [5.74, 6) is 0.410. The second-order valence-electron chi connectivity index (χ2n) is 8.55. The van der Waals surface area contributed by atoms with Crippen molar-refractivity contribution < 1.29 is 9.59 Å². The minimum Gasteiger partial charge on any atom is -0.304 e. The topological polar surface area (TPSA) is 58.5 Å². The van der Waals surface area contributed by atoms with E-state index in [4.69, 9.17) is 4.99 Å². The predicted molar refractivity (Wildman–Crippen MR) is 108 cm³/mol. The van der Waals surface area contributed by atoms with Crippen LogP contribution in [0, 0.1) is 5.92 Å². The van der Waals surface area contributed by atoms with E-state index in [0.29, 0.717) is 12.5 Å². The van der Waals surface area contributed by atoms with Crippen LogP contribution in [-0.2, 0) is 9.59 Å². The summed E-state index contributed by atoms with van der Waals surface area (Å²) < 4.78 is -0.677. The molecule has 1 saturated heterocycles. The van der Waals surface area contributed by atoms with Gasteiger partial charge in [-0.3, -0.25) is 14.6 Å². The third-order valence-electron chi connectivity index (χ3n) is 6.22. The lowest BCUT2D eigenvalue weighted by atomic mass is 9.89. The second-order valence-corrected chi connectivity index (χ2v) is 10.0. The summed E-state index contributed by atoms with van der Waals surface area (Å²) in [5.41, 5.74) is 0. The Balaban J connectivity index is 1.59. The minimum absolute atomic E-state index is 0.0333. The summed E-state index contributed by atoms with van der Waals surface area (Å²) in [6.45, 7) is 1.92. The molecule has 146 valence electrons. The number of thioether (sulfide) groups is 1. The molecule has 0 radical (unpaired) electrons. The number of nitrogens with zero attached hydrogens (tertiary/aromatic N) is 1. The zero-order valence-electron chi connectivity index (χ0n) is 16.2. The highest BCUT2D eigenvalue weighted by atomic mass is 32.2. The molecule has 0 aromatic rings. The quantitative estimate of drug-likeness (QED) is 0.700. The molecule has 0 aromatic carbocycles. The zero-order valence-corrected chi connectivity index (χ0v) is 17.0. The molecule has 1 amide bonds. The van der Waals surface area contributed by atoms with E-state index >= 15 is 0 Å². The Bertz CT molecular complexity index is 532. The van der Waals surface area contributed by atoms with Crippen molar-refractivity contribution in [3.63, 3.8) is 0 Å². The van der Waals surface area contributed by atoms with Crippen molar-refractivity contribution in [2.24, 2.45) is 10.9 Å². The third kappa shape index (κ3) is 5.34. The van der Waals surface area contributed by atoms with E-state index in [1.165, 1.54) is 56.7 Å². The summed E-state index contributed by atoms with van der Waals surface area (Å²) >= 11 is 1.49. The Kier molecular flexibility index (Phi) is 7.19. The standard InChI is InChI=1S/C21H34N2O2S/c1-21(15-18(24)16-11-7-5-6-8-12-16)19(25)23-20(26-21)22-17-13-9-3-2-4-10-14-17/h16-17H,2-15H2,1H3,(H,22,23,25). The van der Waals surface area contributed by atoms with Gasteiger partial charge in [0.15, 0.2) is 5.17 Å². The van der Waals surface area contributed by atoms with Gasteiger partial charge in [-0.1, -0.05) is 69.5 Å². The summed E-state index contributed by atoms with van der Waals surface area (Å²) in [7, 11) is 0. The molecule has 2 aliphatic carbocycles. The number of hydrogen-bond acceptors (Lipinski definition) is 4. The highest BCUT2D eigenvalue weighted by Gasteiger charge is 2.45. The summed E-state index contributed by atoms with van der Waals surface area (Å²) in [6, 6.07) is 0.331. The number of carbonyl (C=O) groups is 2. The van der Waals surface area contributed by atoms with Crippen molar-refractivity contribution in [2.75, 3.05) is 0 Å². The van der Waals surface area contributed by atoms with Crippen LogP contribution in [0.3, 0.4) is 0 Å². The normalized spacial score (nSPS) is 31.3. The lowest BCUT2D eigenvalue weighted by Gasteiger charge is -2.21. The summed E-state index contributed by atoms with van der Waals surface area (Å²) in [5, 5.41) is 3.72. The number of hydrogen-bond donors (Lipinski definition) is 1. The molecule has 3 rings (SSSR count). The maximum absolute atomic E-state index is 12.8. The first kappa shape index (κ1) is 19.9. The van der Waals surface area contributed by atoms with E-state index in [0.717, 1.165) is 43.7 Å². The summed E-state index contributed by atoms with van der Waals surface area (Å²) in [4.78, 5) is 30.3. The fraction of sp³-hybridized carbons (Fsp3) is 0.857. The van der Waals surface area contributed by atoms with Crippen LogP contribution in [-0.4, -0.2) is 27.6 Å². The van der Waals surface area contributed by atoms with Gasteiger partial charge in [-0.05, 0) is 32.6 Å². The molecule has 3 aliphatic rings. The number of amidine groups is 1. The lowest BCUT2D eigenvalue weighted by Crippen LogP contribution is -2.37. The van der Waals surface area contributed by atoms with Crippen LogP contribution in [0.2, 0.25) is 0 Å². The number of carbonyl (C=O) groups excluding carboxylic acids is 2. The highest BCUT2D eigenvalue weighted by Crippen LogP contribution is 2.38. The van der Waals surface area contributed by atoms with Crippen molar-refractivity contribution in [3.8, 4) is 0 Å². The number of Topliss-reactive ketones (excluding diaryl/α,β-unsaturated/α-hetero) is 1. The number of aliphatic imine (C=N–C) groups is 1. The molecule has 4 nitrogen and oxygen atoms in total. The van der Waals surface area contributed by atoms with E-state index in [1.54, 1.807) is 0 Å². The molecule has 1 atom stereocenters. The number of nitrogens with one attached hydrogen (secondary N) is 1. The van der Waals surface area contributed by atoms with Crippen LogP contribution < -0.4 is 5.32 Å². The Morgan fingerprint density at radius 3 is 2.15 bits per heavy atom. The fourth-order valence-electron chi connectivity index (χ4n) is 4.50. The van der Waals surface area contributed by atoms with Gasteiger partial charge in [0.05, 0.1) is 6.04 Å². The van der Waals surface area contributed by atoms with Gasteiger partial charge in [0.1, 0.15) is 10.5 Å². The molecule has 0 spiro atoms. The Labute approximate surface area is 162 Å². The first-order chi connectivity index (χ1) is 12.6. The second kappa shape index (κ2) is 9.38. The molecule has 3 fully saturated rings. The van der Waals surface area contributed by atoms with E-state index in [2.05, 4.69) is 5.32 Å². The van der Waals surface area contributed by atoms with Crippen LogP contribution in [0.15, 0.2) is 4.99 Å². The fourth-order valence-corrected chi connectivity index (χ4v) is 5.63. The Hall–Kier alpha value is -0.840. The number of ketones is 1. The van der Waals surface area contributed by atoms with Gasteiger partial charge in [-0.25, -0.2) is 0 Å². The van der Waals surface area contributed by atoms with Crippen LogP contribution in [0.5, 0.6) is 0 Å². The van der Waals surface area contributed by atoms with E-state index in [9.17, 15) is 9.59 Å². The van der Waals surface area contributed by atoms with E-state index in [1.807, 2.05) is 6.92 Å². The molecule has 0 aromatic heterocycles. The Morgan fingerprint density at radius 1 is 1.00 bits per heavy atom. The Morgan fingerprint density at radius 2 is 1.54 bits per heavy atom. The van der Waals surface area contributed by atoms with Gasteiger partial charge < -0.3 is 5.32 Å². The number of rotatable bonds is 4. The monoisotopic (exact) mass is 378 g/mol. The predicted octanol–water partition coefficient (Wildman–Crippen LogP) is 5.01. The maximum atomic E-state index is 12.8. The average molecular weight is 379 g/mol. The van der Waals surface area contributed by atoms with Crippen molar-refractivity contribution in [1.82, 2.24) is 5.32 Å². The molecule has 1 unspecified atom stereocenters. The molecule has 26 heavy (non-hydrogen) atoms. The van der Waals surface area contributed by atoms with Crippen molar-refractivity contribution in [1.29, 1.82) is 0 Å². The third-order valence-corrected chi connectivity index (χ3v) is 7.40. The van der Waals surface area contributed by atoms with E-state index < -0.39 is 4.75 Å². The average Bonchev–Trinajstić information content (AvgIpc) is 2.78. The SMILES string of the molecule is CC1(CC(=O)C2CCCCCC2)SC(=NC2CCCCCCC2)NC1=O. The molecule has 1 N–H and O–H groups in total. The van der Waals surface area contributed by atoms with Gasteiger partial charge in [-0.15, -0.1) is 0 Å². The minimum atomic E-state index is -0.677. The van der Waals surface area contributed by atoms with Crippen LogP contribution in [0.25, 0.3) is 0 Å². The largest absolute Gasteiger partial charge is 0.304 e. The van der Waals surface area contributed by atoms with Gasteiger partial charge in [0.2, 0.25) is 5.91 Å². The van der Waals surface area contributed by atoms with Gasteiger partial charge in [0.25, 0.3) is 0 Å². The molecule has 5 heteroatoms. The van der Waals surface area contributed by atoms with E-state index in [-0.39, 0.29) is 17.6 Å².